The summed E-state index contributed by atoms with van der Waals surface area (Å²) in [4.78, 5) is 0. The Hall–Kier alpha value is -0.130. The van der Waals surface area contributed by atoms with E-state index in [0.717, 1.165) is 30.7 Å². The van der Waals surface area contributed by atoms with Gasteiger partial charge in [-0.2, -0.15) is 0 Å². The van der Waals surface area contributed by atoms with E-state index in [1.54, 1.807) is 0 Å². The number of hydrogen-bond donors (Lipinski definition) is 3. The predicted molar refractivity (Wildman–Crippen MR) is 80.2 cm³/mol. The average molecular weight is 336 g/mol. The number of hydrogen-bond acceptors (Lipinski definition) is 3. The lowest BCUT2D eigenvalue weighted by Gasteiger charge is -2.14. The molecule has 2 atom stereocenters. The summed E-state index contributed by atoms with van der Waals surface area (Å²) in [6, 6.07) is 6.38. The predicted octanol–water partition coefficient (Wildman–Crippen LogP) is 1.85. The lowest BCUT2D eigenvalue weighted by Crippen LogP contribution is -2.30. The highest BCUT2D eigenvalue weighted by molar-refractivity contribution is 9.10. The summed E-state index contributed by atoms with van der Waals surface area (Å²) >= 11 is 3.57. The number of aliphatic hydroxyl groups excluding tert-OH is 1. The van der Waals surface area contributed by atoms with Gasteiger partial charge in [0.05, 0.1) is 6.10 Å². The average Bonchev–Trinajstić information content (AvgIpc) is 2.68. The molecule has 0 spiro atoms. The standard InChI is InChI=1S/C13H19BrN2O.ClH/c1-9-2-3-10(12(14)4-9)5-15-6-11-7-16-8-13(11)17;/h2-4,11,13,15-17H,5-8H2,1H3;1H. The second-order valence-corrected chi connectivity index (χ2v) is 5.57. The third kappa shape index (κ3) is 4.21. The molecular formula is C13H20BrClN2O. The maximum atomic E-state index is 9.67. The molecule has 2 unspecified atom stereocenters. The van der Waals surface area contributed by atoms with Gasteiger partial charge >= 0.3 is 0 Å². The summed E-state index contributed by atoms with van der Waals surface area (Å²) < 4.78 is 1.15. The molecule has 0 amide bonds. The highest BCUT2D eigenvalue weighted by Crippen LogP contribution is 2.18. The number of aryl methyl sites for hydroxylation is 1. The van der Waals surface area contributed by atoms with Crippen LogP contribution in [0.1, 0.15) is 11.1 Å². The molecule has 0 saturated carbocycles. The number of halogens is 2. The summed E-state index contributed by atoms with van der Waals surface area (Å²) in [5, 5.41) is 16.3. The zero-order valence-corrected chi connectivity index (χ0v) is 12.9. The van der Waals surface area contributed by atoms with E-state index < -0.39 is 0 Å². The Morgan fingerprint density at radius 3 is 2.83 bits per heavy atom. The molecule has 3 nitrogen and oxygen atoms in total. The minimum absolute atomic E-state index is 0. The summed E-state index contributed by atoms with van der Waals surface area (Å²) in [5.74, 6) is 0.333. The van der Waals surface area contributed by atoms with Crippen LogP contribution in [-0.2, 0) is 6.54 Å². The van der Waals surface area contributed by atoms with Gasteiger partial charge in [0.2, 0.25) is 0 Å². The van der Waals surface area contributed by atoms with Crippen molar-refractivity contribution in [2.45, 2.75) is 19.6 Å². The van der Waals surface area contributed by atoms with Crippen LogP contribution >= 0.6 is 28.3 Å². The fraction of sp³-hybridized carbons (Fsp3) is 0.538. The fourth-order valence-corrected chi connectivity index (χ4v) is 2.75. The zero-order valence-electron chi connectivity index (χ0n) is 10.4. The van der Waals surface area contributed by atoms with Crippen LogP contribution < -0.4 is 10.6 Å². The first-order valence-corrected chi connectivity index (χ1v) is 6.80. The lowest BCUT2D eigenvalue weighted by atomic mass is 10.1. The summed E-state index contributed by atoms with van der Waals surface area (Å²) in [6.07, 6.45) is -0.205. The Balaban J connectivity index is 0.00000162. The molecule has 18 heavy (non-hydrogen) atoms. The van der Waals surface area contributed by atoms with Crippen molar-refractivity contribution in [3.8, 4) is 0 Å². The monoisotopic (exact) mass is 334 g/mol. The van der Waals surface area contributed by atoms with Crippen LogP contribution in [0.25, 0.3) is 0 Å². The van der Waals surface area contributed by atoms with Crippen molar-refractivity contribution >= 4 is 28.3 Å². The summed E-state index contributed by atoms with van der Waals surface area (Å²) in [5.41, 5.74) is 2.52. The van der Waals surface area contributed by atoms with E-state index in [9.17, 15) is 5.11 Å². The number of nitrogens with one attached hydrogen (secondary N) is 2. The van der Waals surface area contributed by atoms with Crippen LogP contribution in [-0.4, -0.2) is 30.8 Å². The van der Waals surface area contributed by atoms with E-state index >= 15 is 0 Å². The molecule has 5 heteroatoms. The molecule has 102 valence electrons. The fourth-order valence-electron chi connectivity index (χ4n) is 2.12. The van der Waals surface area contributed by atoms with E-state index in [1.807, 2.05) is 0 Å². The van der Waals surface area contributed by atoms with Crippen LogP contribution in [0.15, 0.2) is 22.7 Å². The Bertz CT molecular complexity index is 389. The molecule has 0 aromatic heterocycles. The van der Waals surface area contributed by atoms with Gasteiger partial charge in [0.1, 0.15) is 0 Å². The molecular weight excluding hydrogens is 316 g/mol. The van der Waals surface area contributed by atoms with Crippen molar-refractivity contribution in [2.24, 2.45) is 5.92 Å². The Morgan fingerprint density at radius 1 is 1.44 bits per heavy atom. The van der Waals surface area contributed by atoms with Gasteiger partial charge in [-0.3, -0.25) is 0 Å². The SMILES string of the molecule is Cc1ccc(CNCC2CNCC2O)c(Br)c1.Cl. The molecule has 1 aromatic carbocycles. The maximum absolute atomic E-state index is 9.67. The van der Waals surface area contributed by atoms with Gasteiger partial charge in [-0.15, -0.1) is 12.4 Å². The second kappa shape index (κ2) is 7.46. The number of benzene rings is 1. The van der Waals surface area contributed by atoms with E-state index in [2.05, 4.69) is 51.7 Å². The van der Waals surface area contributed by atoms with E-state index in [1.165, 1.54) is 11.1 Å². The Labute approximate surface area is 123 Å². The molecule has 1 saturated heterocycles. The normalized spacial score (nSPS) is 22.8. The molecule has 0 aliphatic carbocycles. The molecule has 1 aliphatic heterocycles. The zero-order chi connectivity index (χ0) is 12.3. The van der Waals surface area contributed by atoms with Crippen molar-refractivity contribution in [3.63, 3.8) is 0 Å². The molecule has 0 radical (unpaired) electrons. The van der Waals surface area contributed by atoms with Gasteiger partial charge in [0, 0.05) is 36.6 Å². The molecule has 1 heterocycles. The van der Waals surface area contributed by atoms with Crippen molar-refractivity contribution < 1.29 is 5.11 Å². The molecule has 3 N–H and O–H groups in total. The largest absolute Gasteiger partial charge is 0.391 e. The van der Waals surface area contributed by atoms with Crippen LogP contribution in [0.4, 0.5) is 0 Å². The highest BCUT2D eigenvalue weighted by Gasteiger charge is 2.23. The van der Waals surface area contributed by atoms with Gasteiger partial charge in [-0.05, 0) is 24.1 Å². The minimum atomic E-state index is -0.205. The van der Waals surface area contributed by atoms with Crippen LogP contribution in [0.2, 0.25) is 0 Å². The summed E-state index contributed by atoms with van der Waals surface area (Å²) in [7, 11) is 0. The first-order valence-electron chi connectivity index (χ1n) is 6.01. The van der Waals surface area contributed by atoms with Crippen LogP contribution in [0.5, 0.6) is 0 Å². The highest BCUT2D eigenvalue weighted by atomic mass is 79.9. The van der Waals surface area contributed by atoms with Gasteiger partial charge in [-0.25, -0.2) is 0 Å². The smallest absolute Gasteiger partial charge is 0.0716 e. The second-order valence-electron chi connectivity index (χ2n) is 4.71. The van der Waals surface area contributed by atoms with E-state index in [-0.39, 0.29) is 18.5 Å². The molecule has 2 rings (SSSR count). The minimum Gasteiger partial charge on any atom is -0.391 e. The van der Waals surface area contributed by atoms with Crippen molar-refractivity contribution in [1.82, 2.24) is 10.6 Å². The molecule has 1 aliphatic rings. The van der Waals surface area contributed by atoms with Gasteiger partial charge < -0.3 is 15.7 Å². The van der Waals surface area contributed by atoms with Gasteiger partial charge in [0.25, 0.3) is 0 Å². The maximum Gasteiger partial charge on any atom is 0.0716 e. The number of rotatable bonds is 4. The van der Waals surface area contributed by atoms with E-state index in [0.29, 0.717) is 5.92 Å². The summed E-state index contributed by atoms with van der Waals surface area (Å²) in [6.45, 7) is 5.41. The molecule has 1 fully saturated rings. The van der Waals surface area contributed by atoms with Crippen molar-refractivity contribution in [1.29, 1.82) is 0 Å². The Morgan fingerprint density at radius 2 is 2.22 bits per heavy atom. The third-order valence-corrected chi connectivity index (χ3v) is 3.97. The molecule has 0 bridgehead atoms. The van der Waals surface area contributed by atoms with Gasteiger partial charge in [-0.1, -0.05) is 28.1 Å². The number of β-amino-alcohol motifs (C(OH)–C–C–N with tert-alkyl or cyclic N) is 1. The Kier molecular flexibility index (Phi) is 6.60. The quantitative estimate of drug-likeness (QED) is 0.787. The van der Waals surface area contributed by atoms with E-state index in [4.69, 9.17) is 0 Å². The molecule has 1 aromatic rings. The van der Waals surface area contributed by atoms with Crippen LogP contribution in [0.3, 0.4) is 0 Å². The van der Waals surface area contributed by atoms with Crippen LogP contribution in [0, 0.1) is 12.8 Å². The van der Waals surface area contributed by atoms with Crippen molar-refractivity contribution in [2.75, 3.05) is 19.6 Å². The topological polar surface area (TPSA) is 44.3 Å². The van der Waals surface area contributed by atoms with Gasteiger partial charge in [0.15, 0.2) is 0 Å². The number of aliphatic hydroxyl groups is 1. The first-order chi connectivity index (χ1) is 8.16. The lowest BCUT2D eigenvalue weighted by molar-refractivity contribution is 0.146. The van der Waals surface area contributed by atoms with Crippen molar-refractivity contribution in [3.05, 3.63) is 33.8 Å². The third-order valence-electron chi connectivity index (χ3n) is 3.23. The first kappa shape index (κ1) is 15.9.